The number of imide groups is 1. The third kappa shape index (κ3) is 1.61. The first-order valence-corrected chi connectivity index (χ1v) is 5.71. The van der Waals surface area contributed by atoms with E-state index in [0.29, 0.717) is 16.8 Å². The molecule has 0 bridgehead atoms. The van der Waals surface area contributed by atoms with E-state index in [9.17, 15) is 14.7 Å². The van der Waals surface area contributed by atoms with Gasteiger partial charge in [-0.05, 0) is 44.9 Å². The Hall–Kier alpha value is -2.10. The SMILES string of the molecule is CC1=C(C)C(=O)N(c2cc(C)c(C)c(O)c2)C1=O. The summed E-state index contributed by atoms with van der Waals surface area (Å²) in [5, 5.41) is 9.78. The number of aryl methyl sites for hydroxylation is 1. The summed E-state index contributed by atoms with van der Waals surface area (Å²) in [6.45, 7) is 6.89. The zero-order valence-corrected chi connectivity index (χ0v) is 10.9. The van der Waals surface area contributed by atoms with E-state index >= 15 is 0 Å². The highest BCUT2D eigenvalue weighted by molar-refractivity contribution is 6.32. The maximum atomic E-state index is 12.0. The molecule has 0 fully saturated rings. The number of hydrogen-bond donors (Lipinski definition) is 1. The summed E-state index contributed by atoms with van der Waals surface area (Å²) in [6.07, 6.45) is 0. The molecule has 2 rings (SSSR count). The topological polar surface area (TPSA) is 57.6 Å². The Labute approximate surface area is 106 Å². The van der Waals surface area contributed by atoms with Gasteiger partial charge in [-0.25, -0.2) is 4.90 Å². The number of hydrogen-bond acceptors (Lipinski definition) is 3. The molecule has 0 spiro atoms. The van der Waals surface area contributed by atoms with Crippen molar-refractivity contribution in [2.24, 2.45) is 0 Å². The van der Waals surface area contributed by atoms with Gasteiger partial charge >= 0.3 is 0 Å². The van der Waals surface area contributed by atoms with Crippen LogP contribution in [0.15, 0.2) is 23.3 Å². The van der Waals surface area contributed by atoms with Crippen LogP contribution in [0.5, 0.6) is 5.75 Å². The highest BCUT2D eigenvalue weighted by Crippen LogP contribution is 2.32. The lowest BCUT2D eigenvalue weighted by atomic mass is 10.1. The van der Waals surface area contributed by atoms with E-state index in [2.05, 4.69) is 0 Å². The maximum Gasteiger partial charge on any atom is 0.261 e. The van der Waals surface area contributed by atoms with Crippen LogP contribution in [0.1, 0.15) is 25.0 Å². The predicted molar refractivity (Wildman–Crippen MR) is 68.4 cm³/mol. The van der Waals surface area contributed by atoms with Crippen molar-refractivity contribution in [1.82, 2.24) is 0 Å². The van der Waals surface area contributed by atoms with Crippen LogP contribution in [0, 0.1) is 13.8 Å². The van der Waals surface area contributed by atoms with E-state index in [4.69, 9.17) is 0 Å². The number of phenolic OH excluding ortho intramolecular Hbond substituents is 1. The second-order valence-corrected chi connectivity index (χ2v) is 4.60. The third-order valence-corrected chi connectivity index (χ3v) is 3.49. The lowest BCUT2D eigenvalue weighted by molar-refractivity contribution is -0.120. The minimum atomic E-state index is -0.319. The largest absolute Gasteiger partial charge is 0.508 e. The number of amides is 2. The third-order valence-electron chi connectivity index (χ3n) is 3.49. The van der Waals surface area contributed by atoms with E-state index in [1.165, 1.54) is 6.07 Å². The molecule has 1 N–H and O–H groups in total. The summed E-state index contributed by atoms with van der Waals surface area (Å²) in [4.78, 5) is 25.1. The highest BCUT2D eigenvalue weighted by atomic mass is 16.3. The van der Waals surface area contributed by atoms with Crippen LogP contribution >= 0.6 is 0 Å². The van der Waals surface area contributed by atoms with Crippen molar-refractivity contribution in [3.63, 3.8) is 0 Å². The van der Waals surface area contributed by atoms with Crippen molar-refractivity contribution >= 4 is 17.5 Å². The maximum absolute atomic E-state index is 12.0. The van der Waals surface area contributed by atoms with Crippen LogP contribution in [0.2, 0.25) is 0 Å². The van der Waals surface area contributed by atoms with Gasteiger partial charge in [0, 0.05) is 17.2 Å². The average molecular weight is 245 g/mol. The van der Waals surface area contributed by atoms with Crippen LogP contribution in [-0.2, 0) is 9.59 Å². The van der Waals surface area contributed by atoms with Gasteiger partial charge in [0.05, 0.1) is 5.69 Å². The number of phenols is 1. The Morgan fingerprint density at radius 2 is 1.44 bits per heavy atom. The number of carbonyl (C=O) groups is 2. The van der Waals surface area contributed by atoms with Gasteiger partial charge in [-0.15, -0.1) is 0 Å². The van der Waals surface area contributed by atoms with Crippen molar-refractivity contribution in [2.75, 3.05) is 4.90 Å². The van der Waals surface area contributed by atoms with Crippen molar-refractivity contribution in [2.45, 2.75) is 27.7 Å². The molecular weight excluding hydrogens is 230 g/mol. The lowest BCUT2D eigenvalue weighted by Gasteiger charge is -2.17. The number of aromatic hydroxyl groups is 1. The van der Waals surface area contributed by atoms with Crippen LogP contribution in [0.25, 0.3) is 0 Å². The van der Waals surface area contributed by atoms with Gasteiger partial charge in [-0.2, -0.15) is 0 Å². The molecule has 0 saturated carbocycles. The molecule has 1 aliphatic rings. The van der Waals surface area contributed by atoms with Gasteiger partial charge < -0.3 is 5.11 Å². The van der Waals surface area contributed by atoms with Crippen LogP contribution in [0.3, 0.4) is 0 Å². The van der Waals surface area contributed by atoms with Crippen molar-refractivity contribution in [3.05, 3.63) is 34.4 Å². The quantitative estimate of drug-likeness (QED) is 0.772. The normalized spacial score (nSPS) is 15.9. The van der Waals surface area contributed by atoms with Crippen LogP contribution < -0.4 is 4.90 Å². The number of nitrogens with zero attached hydrogens (tertiary/aromatic N) is 1. The van der Waals surface area contributed by atoms with Gasteiger partial charge in [0.2, 0.25) is 0 Å². The second kappa shape index (κ2) is 3.98. The van der Waals surface area contributed by atoms with Gasteiger partial charge in [0.1, 0.15) is 5.75 Å². The molecule has 0 radical (unpaired) electrons. The number of rotatable bonds is 1. The summed E-state index contributed by atoms with van der Waals surface area (Å²) >= 11 is 0. The van der Waals surface area contributed by atoms with Crippen molar-refractivity contribution < 1.29 is 14.7 Å². The van der Waals surface area contributed by atoms with E-state index in [-0.39, 0.29) is 17.6 Å². The first-order chi connectivity index (χ1) is 8.34. The Kier molecular flexibility index (Phi) is 2.73. The molecule has 0 saturated heterocycles. The minimum absolute atomic E-state index is 0.0906. The standard InChI is InChI=1S/C14H15NO3/c1-7-5-11(6-12(16)8(7)2)15-13(17)9(3)10(4)14(15)18/h5-6,16H,1-4H3. The fraction of sp³-hybridized carbons (Fsp3) is 0.286. The minimum Gasteiger partial charge on any atom is -0.508 e. The first kappa shape index (κ1) is 12.4. The first-order valence-electron chi connectivity index (χ1n) is 5.71. The van der Waals surface area contributed by atoms with Crippen molar-refractivity contribution in [1.29, 1.82) is 0 Å². The summed E-state index contributed by atoms with van der Waals surface area (Å²) in [5.74, 6) is -0.548. The number of anilines is 1. The zero-order valence-electron chi connectivity index (χ0n) is 10.9. The van der Waals surface area contributed by atoms with Gasteiger partial charge in [-0.1, -0.05) is 0 Å². The lowest BCUT2D eigenvalue weighted by Crippen LogP contribution is -2.31. The fourth-order valence-electron chi connectivity index (χ4n) is 1.93. The molecule has 94 valence electrons. The molecule has 0 unspecified atom stereocenters. The predicted octanol–water partition coefficient (Wildman–Crippen LogP) is 2.22. The molecule has 1 aromatic carbocycles. The van der Waals surface area contributed by atoms with E-state index < -0.39 is 0 Å². The molecule has 0 aromatic heterocycles. The summed E-state index contributed by atoms with van der Waals surface area (Å²) < 4.78 is 0. The van der Waals surface area contributed by atoms with Gasteiger partial charge in [0.25, 0.3) is 11.8 Å². The van der Waals surface area contributed by atoms with E-state index in [1.54, 1.807) is 26.8 Å². The molecule has 1 heterocycles. The highest BCUT2D eigenvalue weighted by Gasteiger charge is 2.34. The molecule has 4 heteroatoms. The summed E-state index contributed by atoms with van der Waals surface area (Å²) in [6, 6.07) is 3.18. The molecule has 2 amide bonds. The molecular formula is C14H15NO3. The van der Waals surface area contributed by atoms with Crippen molar-refractivity contribution in [3.8, 4) is 5.75 Å². The molecule has 0 aliphatic carbocycles. The molecule has 0 atom stereocenters. The Morgan fingerprint density at radius 1 is 0.944 bits per heavy atom. The monoisotopic (exact) mass is 245 g/mol. The molecule has 4 nitrogen and oxygen atoms in total. The Balaban J connectivity index is 2.53. The molecule has 1 aliphatic heterocycles. The molecule has 18 heavy (non-hydrogen) atoms. The van der Waals surface area contributed by atoms with Crippen LogP contribution in [0.4, 0.5) is 5.69 Å². The van der Waals surface area contributed by atoms with Gasteiger partial charge in [0.15, 0.2) is 0 Å². The van der Waals surface area contributed by atoms with E-state index in [0.717, 1.165) is 16.0 Å². The zero-order chi connectivity index (χ0) is 13.6. The number of carbonyl (C=O) groups excluding carboxylic acids is 2. The Morgan fingerprint density at radius 3 is 1.89 bits per heavy atom. The summed E-state index contributed by atoms with van der Waals surface area (Å²) in [5.41, 5.74) is 2.92. The van der Waals surface area contributed by atoms with E-state index in [1.807, 2.05) is 6.92 Å². The van der Waals surface area contributed by atoms with Gasteiger partial charge in [-0.3, -0.25) is 9.59 Å². The number of benzene rings is 1. The van der Waals surface area contributed by atoms with Crippen LogP contribution in [-0.4, -0.2) is 16.9 Å². The smallest absolute Gasteiger partial charge is 0.261 e. The summed E-state index contributed by atoms with van der Waals surface area (Å²) in [7, 11) is 0. The average Bonchev–Trinajstić information content (AvgIpc) is 2.50. The fourth-order valence-corrected chi connectivity index (χ4v) is 1.93. The second-order valence-electron chi connectivity index (χ2n) is 4.60. The Bertz CT molecular complexity index is 552. The molecule has 1 aromatic rings.